The number of aromatic amines is 1. The molecule has 4 rings (SSSR count). The second-order valence-corrected chi connectivity index (χ2v) is 18.9. The minimum Gasteiger partial charge on any atom is -0.480 e. The number of carbonyl (C=O) groups is 9. The van der Waals surface area contributed by atoms with Gasteiger partial charge in [0.05, 0.1) is 25.5 Å². The zero-order valence-electron chi connectivity index (χ0n) is 42.1. The fourth-order valence-electron chi connectivity index (χ4n) is 8.79. The maximum Gasteiger partial charge on any atom is 0.326 e. The van der Waals surface area contributed by atoms with Gasteiger partial charge in [-0.15, -0.1) is 0 Å². The lowest BCUT2D eigenvalue weighted by molar-refractivity contribution is -0.144. The smallest absolute Gasteiger partial charge is 0.326 e. The Labute approximate surface area is 429 Å². The highest BCUT2D eigenvalue weighted by Gasteiger charge is 2.41. The molecule has 26 heteroatoms. The second kappa shape index (κ2) is 30.1. The van der Waals surface area contributed by atoms with Crippen LogP contribution in [0.15, 0.2) is 47.8 Å². The molecular weight excluding hydrogens is 963 g/mol. The molecule has 26 nitrogen and oxygen atoms in total. The van der Waals surface area contributed by atoms with Gasteiger partial charge in [0.2, 0.25) is 47.3 Å². The van der Waals surface area contributed by atoms with Gasteiger partial charge < -0.3 is 79.8 Å². The van der Waals surface area contributed by atoms with Crippen LogP contribution < -0.4 is 54.8 Å². The van der Waals surface area contributed by atoms with E-state index in [1.54, 1.807) is 30.3 Å². The standard InChI is InChI=1S/C48H75N15O11/c1-28(2)21-35(60-40(66)31(50)13-6-7-17-49)45(71)62-19-9-15-37(62)43(69)55-25-39(65)57-34(23-30-24-53-27-56-30)42(68)61-36(26-64)46(72)63-20-10-16-38(63)44(70)59-33(22-29-11-4-3-5-12-29)41(67)58-32(47(73)74)14-8-18-54-48(51)52/h3-5,11-12,24,27-28,31-38,64H,6-10,13-23,25-26,49-50H2,1-2H3,(H,53,56)(H,55,69)(H,57,65)(H,58,67)(H,59,70)(H,60,66)(H,61,68)(H,73,74)(H4,51,52,54)/t31-,32-,33-,34-,35-,36-,37-,38-/m0/s1. The van der Waals surface area contributed by atoms with E-state index in [4.69, 9.17) is 22.9 Å². The Morgan fingerprint density at radius 2 is 1.36 bits per heavy atom. The van der Waals surface area contributed by atoms with E-state index in [0.717, 1.165) is 0 Å². The number of aromatic nitrogens is 2. The van der Waals surface area contributed by atoms with Crippen molar-refractivity contribution in [1.82, 2.24) is 51.7 Å². The van der Waals surface area contributed by atoms with E-state index in [9.17, 15) is 53.4 Å². The normalized spacial score (nSPS) is 17.7. The van der Waals surface area contributed by atoms with Crippen LogP contribution in [-0.4, -0.2) is 177 Å². The number of carboxylic acids is 1. The number of hydrogen-bond acceptors (Lipinski definition) is 14. The molecule has 2 saturated heterocycles. The summed E-state index contributed by atoms with van der Waals surface area (Å²) in [7, 11) is 0. The van der Waals surface area contributed by atoms with Gasteiger partial charge in [0.1, 0.15) is 42.3 Å². The Bertz CT molecular complexity index is 2230. The minimum atomic E-state index is -1.60. The zero-order valence-corrected chi connectivity index (χ0v) is 42.1. The first-order chi connectivity index (χ1) is 35.3. The highest BCUT2D eigenvalue weighted by molar-refractivity contribution is 5.98. The van der Waals surface area contributed by atoms with Crippen molar-refractivity contribution in [1.29, 1.82) is 0 Å². The third-order valence-electron chi connectivity index (χ3n) is 12.6. The molecule has 0 spiro atoms. The van der Waals surface area contributed by atoms with Gasteiger partial charge in [0.15, 0.2) is 5.96 Å². The molecule has 408 valence electrons. The Kier molecular flexibility index (Phi) is 24.2. The van der Waals surface area contributed by atoms with E-state index in [0.29, 0.717) is 62.7 Å². The number of benzene rings is 1. The summed E-state index contributed by atoms with van der Waals surface area (Å²) in [4.78, 5) is 135. The van der Waals surface area contributed by atoms with Gasteiger partial charge in [-0.25, -0.2) is 9.78 Å². The number of H-pyrrole nitrogens is 1. The number of nitrogens with one attached hydrogen (secondary N) is 7. The Morgan fingerprint density at radius 1 is 0.757 bits per heavy atom. The number of amides is 8. The molecule has 0 saturated carbocycles. The SMILES string of the molecule is CC(C)C[C@H](NC(=O)[C@@H](N)CCCCN)C(=O)N1CCC[C@H]1C(=O)NCC(=O)N[C@@H](Cc1cnc[nH]1)C(=O)N[C@@H](CO)C(=O)N1CCC[C@H]1C(=O)N[C@@H](Cc1ccccc1)C(=O)N[C@@H](CCCN=C(N)N)C(=O)O. The molecule has 0 unspecified atom stereocenters. The molecule has 0 bridgehead atoms. The van der Waals surface area contributed by atoms with Crippen molar-refractivity contribution in [2.45, 2.75) is 139 Å². The molecule has 1 aromatic heterocycles. The lowest BCUT2D eigenvalue weighted by atomic mass is 10.0. The van der Waals surface area contributed by atoms with E-state index in [1.807, 2.05) is 13.8 Å². The highest BCUT2D eigenvalue weighted by Crippen LogP contribution is 2.22. The van der Waals surface area contributed by atoms with Crippen LogP contribution in [0.4, 0.5) is 0 Å². The Hall–Kier alpha value is -7.19. The minimum absolute atomic E-state index is 0.00618. The average Bonchev–Trinajstić information content (AvgIpc) is 4.19. The number of nitrogens with two attached hydrogens (primary N) is 4. The third-order valence-corrected chi connectivity index (χ3v) is 12.6. The number of guanidine groups is 1. The summed E-state index contributed by atoms with van der Waals surface area (Å²) in [6.07, 6.45) is 6.07. The van der Waals surface area contributed by atoms with Crippen molar-refractivity contribution in [3.05, 3.63) is 54.1 Å². The van der Waals surface area contributed by atoms with E-state index in [2.05, 4.69) is 46.9 Å². The Morgan fingerprint density at radius 3 is 1.95 bits per heavy atom. The van der Waals surface area contributed by atoms with Crippen LogP contribution in [-0.2, 0) is 56.0 Å². The number of aliphatic carboxylic acids is 1. The molecular formula is C48H75N15O11. The summed E-state index contributed by atoms with van der Waals surface area (Å²) in [5, 5.41) is 35.9. The highest BCUT2D eigenvalue weighted by atomic mass is 16.4. The first-order valence-corrected chi connectivity index (χ1v) is 25.1. The van der Waals surface area contributed by atoms with E-state index < -0.39 is 115 Å². The van der Waals surface area contributed by atoms with E-state index in [-0.39, 0.29) is 63.6 Å². The summed E-state index contributed by atoms with van der Waals surface area (Å²) < 4.78 is 0. The number of aliphatic hydroxyl groups excluding tert-OH is 1. The van der Waals surface area contributed by atoms with Gasteiger partial charge in [-0.3, -0.25) is 43.3 Å². The van der Waals surface area contributed by atoms with Crippen molar-refractivity contribution in [3.8, 4) is 0 Å². The topological polar surface area (TPSA) is 418 Å². The number of hydrogen-bond donors (Lipinski definition) is 13. The molecule has 2 aliphatic heterocycles. The summed E-state index contributed by atoms with van der Waals surface area (Å²) in [5.74, 6) is -7.11. The molecule has 0 radical (unpaired) electrons. The lowest BCUT2D eigenvalue weighted by Gasteiger charge is -2.30. The second-order valence-electron chi connectivity index (χ2n) is 18.9. The largest absolute Gasteiger partial charge is 0.480 e. The summed E-state index contributed by atoms with van der Waals surface area (Å²) in [6.45, 7) is 3.14. The van der Waals surface area contributed by atoms with E-state index >= 15 is 0 Å². The molecule has 17 N–H and O–H groups in total. The fraction of sp³-hybridized carbons (Fsp3) is 0.604. The summed E-state index contributed by atoms with van der Waals surface area (Å²) >= 11 is 0. The monoisotopic (exact) mass is 1040 g/mol. The number of aliphatic hydroxyl groups is 1. The number of aliphatic imine (C=N–C) groups is 1. The van der Waals surface area contributed by atoms with Gasteiger partial charge in [0, 0.05) is 44.4 Å². The average molecular weight is 1040 g/mol. The van der Waals surface area contributed by atoms with Crippen LogP contribution in [0.1, 0.15) is 89.3 Å². The maximum absolute atomic E-state index is 14.1. The molecule has 1 aromatic carbocycles. The van der Waals surface area contributed by atoms with Gasteiger partial charge in [-0.2, -0.15) is 0 Å². The number of likely N-dealkylation sites (tertiary alicyclic amines) is 2. The van der Waals surface area contributed by atoms with Crippen molar-refractivity contribution in [2.24, 2.45) is 33.8 Å². The van der Waals surface area contributed by atoms with Crippen molar-refractivity contribution < 1.29 is 53.4 Å². The van der Waals surface area contributed by atoms with Gasteiger partial charge in [-0.1, -0.05) is 50.6 Å². The predicted octanol–water partition coefficient (Wildman–Crippen LogP) is -3.65. The van der Waals surface area contributed by atoms with Crippen LogP contribution in [0.2, 0.25) is 0 Å². The summed E-state index contributed by atoms with van der Waals surface area (Å²) in [6, 6.07) is -0.835. The predicted molar refractivity (Wildman–Crippen MR) is 270 cm³/mol. The van der Waals surface area contributed by atoms with Crippen LogP contribution in [0.25, 0.3) is 0 Å². The molecule has 8 amide bonds. The molecule has 0 aliphatic carbocycles. The van der Waals surface area contributed by atoms with Crippen LogP contribution >= 0.6 is 0 Å². The first-order valence-electron chi connectivity index (χ1n) is 25.1. The molecule has 8 atom stereocenters. The first kappa shape index (κ1) is 59.4. The molecule has 3 heterocycles. The molecule has 2 aliphatic rings. The van der Waals surface area contributed by atoms with Crippen molar-refractivity contribution in [3.63, 3.8) is 0 Å². The molecule has 74 heavy (non-hydrogen) atoms. The number of carbonyl (C=O) groups excluding carboxylic acids is 8. The van der Waals surface area contributed by atoms with Crippen molar-refractivity contribution >= 4 is 59.2 Å². The van der Waals surface area contributed by atoms with Crippen LogP contribution in [0.3, 0.4) is 0 Å². The zero-order chi connectivity index (χ0) is 54.3. The number of imidazole rings is 1. The Balaban J connectivity index is 1.41. The maximum atomic E-state index is 14.1. The number of unbranched alkanes of at least 4 members (excludes halogenated alkanes) is 1. The van der Waals surface area contributed by atoms with Gasteiger partial charge >= 0.3 is 5.97 Å². The third kappa shape index (κ3) is 18.7. The number of nitrogens with zero attached hydrogens (tertiary/aromatic N) is 4. The number of carboxylic acid groups (broad SMARTS) is 1. The quantitative estimate of drug-likeness (QED) is 0.0204. The fourth-order valence-corrected chi connectivity index (χ4v) is 8.79. The lowest BCUT2D eigenvalue weighted by Crippen LogP contribution is -2.60. The number of rotatable bonds is 30. The van der Waals surface area contributed by atoms with Gasteiger partial charge in [0.25, 0.3) is 0 Å². The van der Waals surface area contributed by atoms with E-state index in [1.165, 1.54) is 22.3 Å². The van der Waals surface area contributed by atoms with Crippen LogP contribution in [0.5, 0.6) is 0 Å². The van der Waals surface area contributed by atoms with Gasteiger partial charge in [-0.05, 0) is 75.8 Å². The van der Waals surface area contributed by atoms with Crippen LogP contribution in [0, 0.1) is 5.92 Å². The summed E-state index contributed by atoms with van der Waals surface area (Å²) in [5.41, 5.74) is 23.4. The molecule has 2 aromatic rings. The molecule has 2 fully saturated rings. The van der Waals surface area contributed by atoms with Crippen molar-refractivity contribution in [2.75, 3.05) is 39.3 Å².